The lowest BCUT2D eigenvalue weighted by Gasteiger charge is -2.20. The highest BCUT2D eigenvalue weighted by Gasteiger charge is 2.17. The van der Waals surface area contributed by atoms with Crippen molar-refractivity contribution < 1.29 is 17.9 Å². The highest BCUT2D eigenvalue weighted by molar-refractivity contribution is 7.90. The number of ether oxygens (including phenoxy) is 1. The molecule has 0 atom stereocenters. The van der Waals surface area contributed by atoms with E-state index >= 15 is 0 Å². The van der Waals surface area contributed by atoms with Gasteiger partial charge in [-0.2, -0.15) is 4.80 Å². The van der Waals surface area contributed by atoms with Crippen molar-refractivity contribution in [1.82, 2.24) is 25.2 Å². The van der Waals surface area contributed by atoms with Gasteiger partial charge in [0.05, 0.1) is 19.9 Å². The molecule has 0 unspecified atom stereocenters. The van der Waals surface area contributed by atoms with Crippen molar-refractivity contribution in [2.24, 2.45) is 13.0 Å². The highest BCUT2D eigenvalue weighted by atomic mass is 32.2. The third-order valence-corrected chi connectivity index (χ3v) is 5.45. The van der Waals surface area contributed by atoms with E-state index in [4.69, 9.17) is 0 Å². The molecule has 1 fully saturated rings. The molecule has 28 heavy (non-hydrogen) atoms. The SMILES string of the molecule is COC(=O)c1cc(-c2nnn(C)n2)cc(C)n1.CS(=O)(=O)CC1CCCCC1. The van der Waals surface area contributed by atoms with Crippen LogP contribution in [-0.2, 0) is 21.6 Å². The molecule has 0 aromatic carbocycles. The zero-order valence-electron chi connectivity index (χ0n) is 16.8. The van der Waals surface area contributed by atoms with E-state index in [1.807, 2.05) is 0 Å². The van der Waals surface area contributed by atoms with Crippen LogP contribution in [0, 0.1) is 12.8 Å². The first-order chi connectivity index (χ1) is 13.2. The number of pyridine rings is 1. The molecule has 2 aromatic heterocycles. The molecule has 2 heterocycles. The van der Waals surface area contributed by atoms with Crippen LogP contribution in [-0.4, -0.2) is 58.7 Å². The van der Waals surface area contributed by atoms with Crippen molar-refractivity contribution in [1.29, 1.82) is 0 Å². The van der Waals surface area contributed by atoms with Gasteiger partial charge in [-0.3, -0.25) is 0 Å². The van der Waals surface area contributed by atoms with Gasteiger partial charge in [0.1, 0.15) is 15.5 Å². The molecule has 1 aliphatic carbocycles. The first-order valence-corrected chi connectivity index (χ1v) is 11.2. The fraction of sp³-hybridized carbons (Fsp3) is 0.611. The second-order valence-electron chi connectivity index (χ2n) is 7.07. The molecule has 10 heteroatoms. The van der Waals surface area contributed by atoms with E-state index in [9.17, 15) is 13.2 Å². The van der Waals surface area contributed by atoms with Crippen molar-refractivity contribution >= 4 is 15.8 Å². The monoisotopic (exact) mass is 409 g/mol. The minimum absolute atomic E-state index is 0.231. The predicted molar refractivity (Wildman–Crippen MR) is 104 cm³/mol. The Morgan fingerprint density at radius 1 is 1.25 bits per heavy atom. The second-order valence-corrected chi connectivity index (χ2v) is 9.26. The number of carbonyl (C=O) groups is 1. The molecule has 0 spiro atoms. The first kappa shape index (κ1) is 21.9. The van der Waals surface area contributed by atoms with Crippen LogP contribution in [0.2, 0.25) is 0 Å². The number of carbonyl (C=O) groups excluding carboxylic acids is 1. The summed E-state index contributed by atoms with van der Waals surface area (Å²) < 4.78 is 26.4. The molecule has 0 bridgehead atoms. The van der Waals surface area contributed by atoms with Crippen LogP contribution in [0.5, 0.6) is 0 Å². The first-order valence-electron chi connectivity index (χ1n) is 9.17. The Hall–Kier alpha value is -2.36. The molecule has 0 radical (unpaired) electrons. The van der Waals surface area contributed by atoms with Crippen LogP contribution < -0.4 is 0 Å². The minimum atomic E-state index is -2.72. The van der Waals surface area contributed by atoms with Crippen LogP contribution in [0.4, 0.5) is 0 Å². The molecular formula is C18H27N5O4S. The maximum absolute atomic E-state index is 11.4. The van der Waals surface area contributed by atoms with Crippen molar-refractivity contribution in [3.8, 4) is 11.4 Å². The summed E-state index contributed by atoms with van der Waals surface area (Å²) in [6.45, 7) is 1.78. The Bertz CT molecular complexity index is 904. The zero-order valence-corrected chi connectivity index (χ0v) is 17.6. The third kappa shape index (κ3) is 6.99. The summed E-state index contributed by atoms with van der Waals surface area (Å²) in [4.78, 5) is 16.8. The van der Waals surface area contributed by atoms with Crippen LogP contribution in [0.1, 0.15) is 48.3 Å². The number of hydrogen-bond acceptors (Lipinski definition) is 8. The summed E-state index contributed by atoms with van der Waals surface area (Å²) in [5, 5.41) is 11.7. The summed E-state index contributed by atoms with van der Waals surface area (Å²) in [5.41, 5.74) is 1.61. The maximum atomic E-state index is 11.4. The third-order valence-electron chi connectivity index (χ3n) is 4.38. The lowest BCUT2D eigenvalue weighted by atomic mass is 9.91. The molecule has 0 saturated heterocycles. The molecule has 1 aliphatic rings. The van der Waals surface area contributed by atoms with E-state index in [1.54, 1.807) is 26.1 Å². The van der Waals surface area contributed by atoms with Crippen LogP contribution >= 0.6 is 0 Å². The second kappa shape index (κ2) is 9.72. The lowest BCUT2D eigenvalue weighted by molar-refractivity contribution is 0.0594. The summed E-state index contributed by atoms with van der Waals surface area (Å²) in [6.07, 6.45) is 7.31. The Labute approximate surface area is 165 Å². The van der Waals surface area contributed by atoms with Gasteiger partial charge in [-0.1, -0.05) is 19.3 Å². The van der Waals surface area contributed by atoms with Crippen LogP contribution in [0.25, 0.3) is 11.4 Å². The summed E-state index contributed by atoms with van der Waals surface area (Å²) in [6, 6.07) is 3.36. The largest absolute Gasteiger partial charge is 0.464 e. The van der Waals surface area contributed by atoms with E-state index in [0.29, 0.717) is 28.8 Å². The Kier molecular flexibility index (Phi) is 7.61. The zero-order chi connectivity index (χ0) is 20.7. The molecule has 9 nitrogen and oxygen atoms in total. The molecule has 0 amide bonds. The summed E-state index contributed by atoms with van der Waals surface area (Å²) >= 11 is 0. The number of rotatable bonds is 4. The van der Waals surface area contributed by atoms with Gasteiger partial charge < -0.3 is 4.74 Å². The van der Waals surface area contributed by atoms with Crippen molar-refractivity contribution in [3.63, 3.8) is 0 Å². The Morgan fingerprint density at radius 2 is 1.93 bits per heavy atom. The van der Waals surface area contributed by atoms with Crippen LogP contribution in [0.15, 0.2) is 12.1 Å². The number of nitrogens with zero attached hydrogens (tertiary/aromatic N) is 5. The maximum Gasteiger partial charge on any atom is 0.356 e. The van der Waals surface area contributed by atoms with Gasteiger partial charge in [-0.15, -0.1) is 10.2 Å². The van der Waals surface area contributed by atoms with Gasteiger partial charge in [0.25, 0.3) is 0 Å². The molecule has 0 N–H and O–H groups in total. The minimum Gasteiger partial charge on any atom is -0.464 e. The van der Waals surface area contributed by atoms with Gasteiger partial charge in [0.2, 0.25) is 5.82 Å². The normalized spacial score (nSPS) is 14.9. The number of tetrazole rings is 1. The fourth-order valence-corrected chi connectivity index (χ4v) is 4.38. The van der Waals surface area contributed by atoms with Gasteiger partial charge in [0, 0.05) is 17.5 Å². The lowest BCUT2D eigenvalue weighted by Crippen LogP contribution is -2.17. The standard InChI is InChI=1S/C10H11N5O2.C8H16O2S/c1-6-4-7(9-12-14-15(2)13-9)5-8(11-6)10(16)17-3;1-11(9,10)7-8-5-3-2-4-6-8/h4-5H,1-3H3;8H,2-7H2,1H3. The average Bonchev–Trinajstić information content (AvgIpc) is 3.07. The topological polar surface area (TPSA) is 117 Å². The van der Waals surface area contributed by atoms with Gasteiger partial charge in [-0.25, -0.2) is 18.2 Å². The van der Waals surface area contributed by atoms with Gasteiger partial charge in [-0.05, 0) is 43.0 Å². The van der Waals surface area contributed by atoms with E-state index in [-0.39, 0.29) is 5.69 Å². The molecule has 1 saturated carbocycles. The van der Waals surface area contributed by atoms with E-state index < -0.39 is 15.8 Å². The van der Waals surface area contributed by atoms with Crippen molar-refractivity contribution in [2.45, 2.75) is 39.0 Å². The molecule has 2 aromatic rings. The molecule has 3 rings (SSSR count). The molecule has 0 aliphatic heterocycles. The van der Waals surface area contributed by atoms with Gasteiger partial charge >= 0.3 is 5.97 Å². The Balaban J connectivity index is 0.000000221. The number of aromatic nitrogens is 5. The van der Waals surface area contributed by atoms with Crippen LogP contribution in [0.3, 0.4) is 0 Å². The van der Waals surface area contributed by atoms with Crippen molar-refractivity contribution in [2.75, 3.05) is 19.1 Å². The number of sulfone groups is 1. The van der Waals surface area contributed by atoms with Crippen molar-refractivity contribution in [3.05, 3.63) is 23.5 Å². The number of esters is 1. The van der Waals surface area contributed by atoms with E-state index in [1.165, 1.54) is 37.4 Å². The predicted octanol–water partition coefficient (Wildman–Crippen LogP) is 1.98. The quantitative estimate of drug-likeness (QED) is 0.704. The van der Waals surface area contributed by atoms with E-state index in [2.05, 4.69) is 25.1 Å². The summed E-state index contributed by atoms with van der Waals surface area (Å²) in [5.74, 6) is 0.827. The summed E-state index contributed by atoms with van der Waals surface area (Å²) in [7, 11) is 0.261. The molecule has 154 valence electrons. The number of aryl methyl sites for hydroxylation is 2. The molecular weight excluding hydrogens is 382 g/mol. The fourth-order valence-electron chi connectivity index (χ4n) is 3.19. The van der Waals surface area contributed by atoms with E-state index in [0.717, 1.165) is 12.8 Å². The smallest absolute Gasteiger partial charge is 0.356 e. The number of methoxy groups -OCH3 is 1. The highest BCUT2D eigenvalue weighted by Crippen LogP contribution is 2.24. The number of hydrogen-bond donors (Lipinski definition) is 0. The van der Waals surface area contributed by atoms with Gasteiger partial charge in [0.15, 0.2) is 0 Å². The Morgan fingerprint density at radius 3 is 2.46 bits per heavy atom. The average molecular weight is 410 g/mol.